The van der Waals surface area contributed by atoms with Gasteiger partial charge in [0.05, 0.1) is 7.11 Å². The molecule has 1 aromatic carbocycles. The van der Waals surface area contributed by atoms with Crippen LogP contribution in [0, 0.1) is 17.8 Å². The van der Waals surface area contributed by atoms with Crippen LogP contribution < -0.4 is 4.74 Å². The highest BCUT2D eigenvalue weighted by Crippen LogP contribution is 2.28. The number of ether oxygens (including phenoxy) is 1. The van der Waals surface area contributed by atoms with Gasteiger partial charge < -0.3 is 14.5 Å². The van der Waals surface area contributed by atoms with E-state index in [-0.39, 0.29) is 17.9 Å². The molecule has 1 aliphatic heterocycles. The first kappa shape index (κ1) is 25.0. The van der Waals surface area contributed by atoms with E-state index in [1.54, 1.807) is 13.2 Å². The summed E-state index contributed by atoms with van der Waals surface area (Å²) in [5, 5.41) is 0. The average Bonchev–Trinajstić information content (AvgIpc) is 2.75. The Labute approximate surface area is 188 Å². The highest BCUT2D eigenvalue weighted by molar-refractivity contribution is 5.87. The summed E-state index contributed by atoms with van der Waals surface area (Å²) < 4.78 is 5.39. The summed E-state index contributed by atoms with van der Waals surface area (Å²) in [5.74, 6) is 2.20. The van der Waals surface area contributed by atoms with Crippen LogP contribution in [0.2, 0.25) is 0 Å². The number of nitrogens with zero attached hydrogens (tertiary/aromatic N) is 2. The number of allylic oxidation sites excluding steroid dienone is 1. The number of benzene rings is 1. The van der Waals surface area contributed by atoms with Gasteiger partial charge in [0.15, 0.2) is 0 Å². The Kier molecular flexibility index (Phi) is 9.60. The third kappa shape index (κ3) is 7.71. The fraction of sp³-hybridized carbons (Fsp3) is 0.615. The Morgan fingerprint density at radius 1 is 1.19 bits per heavy atom. The maximum absolute atomic E-state index is 12.9. The van der Waals surface area contributed by atoms with Crippen molar-refractivity contribution in [3.8, 4) is 5.75 Å². The summed E-state index contributed by atoms with van der Waals surface area (Å²) in [6.07, 6.45) is 6.84. The zero-order valence-corrected chi connectivity index (χ0v) is 20.1. The second kappa shape index (κ2) is 11.9. The Hall–Kier alpha value is -2.30. The minimum Gasteiger partial charge on any atom is -0.497 e. The summed E-state index contributed by atoms with van der Waals surface area (Å²) in [7, 11) is 3.62. The SMILES string of the molecule is COc1cccc(C[C@@H](C2CCN(C(=O)/C=C/C(C)C)CC2)N(C)C(=O)CC(C)C)c1. The molecular weight excluding hydrogens is 388 g/mol. The van der Waals surface area contributed by atoms with Gasteiger partial charge >= 0.3 is 0 Å². The van der Waals surface area contributed by atoms with Crippen LogP contribution in [0.25, 0.3) is 0 Å². The monoisotopic (exact) mass is 428 g/mol. The largest absolute Gasteiger partial charge is 0.497 e. The van der Waals surface area contributed by atoms with Crippen LogP contribution >= 0.6 is 0 Å². The maximum atomic E-state index is 12.9. The second-order valence-corrected chi connectivity index (χ2v) is 9.49. The van der Waals surface area contributed by atoms with E-state index in [1.807, 2.05) is 35.1 Å². The molecule has 0 saturated carbocycles. The molecule has 0 bridgehead atoms. The van der Waals surface area contributed by atoms with E-state index in [4.69, 9.17) is 4.74 Å². The van der Waals surface area contributed by atoms with Gasteiger partial charge in [-0.3, -0.25) is 9.59 Å². The highest BCUT2D eigenvalue weighted by atomic mass is 16.5. The predicted molar refractivity (Wildman–Crippen MR) is 126 cm³/mol. The van der Waals surface area contributed by atoms with Crippen LogP contribution in [-0.2, 0) is 16.0 Å². The highest BCUT2D eigenvalue weighted by Gasteiger charge is 2.32. The lowest BCUT2D eigenvalue weighted by Gasteiger charge is -2.40. The molecule has 1 atom stereocenters. The Balaban J connectivity index is 2.13. The van der Waals surface area contributed by atoms with Crippen LogP contribution in [0.15, 0.2) is 36.4 Å². The van der Waals surface area contributed by atoms with E-state index in [2.05, 4.69) is 39.8 Å². The Morgan fingerprint density at radius 3 is 2.45 bits per heavy atom. The fourth-order valence-corrected chi connectivity index (χ4v) is 4.22. The summed E-state index contributed by atoms with van der Waals surface area (Å²) in [5.41, 5.74) is 1.17. The molecule has 0 N–H and O–H groups in total. The third-order valence-corrected chi connectivity index (χ3v) is 6.07. The van der Waals surface area contributed by atoms with Crippen molar-refractivity contribution in [3.05, 3.63) is 42.0 Å². The van der Waals surface area contributed by atoms with Gasteiger partial charge in [-0.25, -0.2) is 0 Å². The second-order valence-electron chi connectivity index (χ2n) is 9.49. The average molecular weight is 429 g/mol. The first-order valence-electron chi connectivity index (χ1n) is 11.6. The molecule has 0 aromatic heterocycles. The van der Waals surface area contributed by atoms with Crippen molar-refractivity contribution in [2.45, 2.75) is 59.4 Å². The van der Waals surface area contributed by atoms with Gasteiger partial charge in [-0.1, -0.05) is 45.9 Å². The number of likely N-dealkylation sites (N-methyl/N-ethyl adjacent to an activating group) is 1. The molecule has 5 heteroatoms. The zero-order valence-electron chi connectivity index (χ0n) is 20.1. The lowest BCUT2D eigenvalue weighted by atomic mass is 9.84. The molecule has 2 amide bonds. The number of rotatable bonds is 9. The van der Waals surface area contributed by atoms with Crippen molar-refractivity contribution in [1.82, 2.24) is 9.80 Å². The van der Waals surface area contributed by atoms with Crippen molar-refractivity contribution in [2.75, 3.05) is 27.2 Å². The molecule has 1 fully saturated rings. The standard InChI is InChI=1S/C26H40N2O3/c1-19(2)10-11-25(29)28-14-12-22(13-15-28)24(27(5)26(30)16-20(3)4)18-21-8-7-9-23(17-21)31-6/h7-11,17,19-20,22,24H,12-16,18H2,1-6H3/b11-10+/t24-/m0/s1. The normalized spacial score (nSPS) is 16.2. The summed E-state index contributed by atoms with van der Waals surface area (Å²) in [4.78, 5) is 29.3. The number of likely N-dealkylation sites (tertiary alicyclic amines) is 1. The molecule has 1 heterocycles. The number of carbonyl (C=O) groups excluding carboxylic acids is 2. The molecule has 5 nitrogen and oxygen atoms in total. The quantitative estimate of drug-likeness (QED) is 0.542. The van der Waals surface area contributed by atoms with Gasteiger partial charge in [-0.2, -0.15) is 0 Å². The van der Waals surface area contributed by atoms with Gasteiger partial charge in [0.25, 0.3) is 0 Å². The van der Waals surface area contributed by atoms with Gasteiger partial charge in [-0.15, -0.1) is 0 Å². The lowest BCUT2D eigenvalue weighted by molar-refractivity contribution is -0.135. The number of methoxy groups -OCH3 is 1. The molecule has 0 unspecified atom stereocenters. The van der Waals surface area contributed by atoms with E-state index in [9.17, 15) is 9.59 Å². The zero-order chi connectivity index (χ0) is 23.0. The molecule has 1 aliphatic rings. The lowest BCUT2D eigenvalue weighted by Crippen LogP contribution is -2.48. The van der Waals surface area contributed by atoms with E-state index >= 15 is 0 Å². The predicted octanol–water partition coefficient (Wildman–Crippen LogP) is 4.56. The summed E-state index contributed by atoms with van der Waals surface area (Å²) >= 11 is 0. The van der Waals surface area contributed by atoms with Crippen LogP contribution in [-0.4, -0.2) is 54.9 Å². The van der Waals surface area contributed by atoms with Crippen molar-refractivity contribution in [3.63, 3.8) is 0 Å². The third-order valence-electron chi connectivity index (χ3n) is 6.07. The number of piperidine rings is 1. The molecule has 172 valence electrons. The van der Waals surface area contributed by atoms with Gasteiger partial charge in [0.1, 0.15) is 5.75 Å². The molecule has 31 heavy (non-hydrogen) atoms. The summed E-state index contributed by atoms with van der Waals surface area (Å²) in [6.45, 7) is 9.79. The van der Waals surface area contributed by atoms with Gasteiger partial charge in [0.2, 0.25) is 11.8 Å². The van der Waals surface area contributed by atoms with Crippen molar-refractivity contribution in [1.29, 1.82) is 0 Å². The number of carbonyl (C=O) groups is 2. The van der Waals surface area contributed by atoms with E-state index < -0.39 is 0 Å². The van der Waals surface area contributed by atoms with Crippen molar-refractivity contribution < 1.29 is 14.3 Å². The molecule has 0 aliphatic carbocycles. The molecule has 2 rings (SSSR count). The molecule has 1 saturated heterocycles. The van der Waals surface area contributed by atoms with Crippen LogP contribution in [0.3, 0.4) is 0 Å². The molecule has 1 aromatic rings. The molecule has 0 radical (unpaired) electrons. The Morgan fingerprint density at radius 2 is 1.87 bits per heavy atom. The minimum absolute atomic E-state index is 0.0979. The number of hydrogen-bond donors (Lipinski definition) is 0. The van der Waals surface area contributed by atoms with Gasteiger partial charge in [0, 0.05) is 32.6 Å². The number of hydrogen-bond acceptors (Lipinski definition) is 3. The van der Waals surface area contributed by atoms with Crippen molar-refractivity contribution >= 4 is 11.8 Å². The number of amides is 2. The van der Waals surface area contributed by atoms with Crippen molar-refractivity contribution in [2.24, 2.45) is 17.8 Å². The maximum Gasteiger partial charge on any atom is 0.246 e. The Bertz CT molecular complexity index is 749. The molecular formula is C26H40N2O3. The fourth-order valence-electron chi connectivity index (χ4n) is 4.22. The summed E-state index contributed by atoms with van der Waals surface area (Å²) in [6, 6.07) is 8.22. The molecule has 0 spiro atoms. The van der Waals surface area contributed by atoms with Gasteiger partial charge in [-0.05, 0) is 60.8 Å². The first-order chi connectivity index (χ1) is 14.7. The van der Waals surface area contributed by atoms with E-state index in [0.29, 0.717) is 24.2 Å². The smallest absolute Gasteiger partial charge is 0.246 e. The topological polar surface area (TPSA) is 49.9 Å². The van der Waals surface area contributed by atoms with Crippen LogP contribution in [0.5, 0.6) is 5.75 Å². The van der Waals surface area contributed by atoms with E-state index in [0.717, 1.165) is 38.1 Å². The first-order valence-corrected chi connectivity index (χ1v) is 11.6. The minimum atomic E-state index is 0.0979. The van der Waals surface area contributed by atoms with Crippen LogP contribution in [0.4, 0.5) is 0 Å². The van der Waals surface area contributed by atoms with Crippen LogP contribution in [0.1, 0.15) is 52.5 Å². The van der Waals surface area contributed by atoms with E-state index in [1.165, 1.54) is 5.56 Å².